The molecule has 36 heavy (non-hydrogen) atoms. The first-order valence-electron chi connectivity index (χ1n) is 12.0. The maximum absolute atomic E-state index is 13.4. The molecule has 5 unspecified atom stereocenters. The van der Waals surface area contributed by atoms with E-state index in [-0.39, 0.29) is 18.3 Å². The van der Waals surface area contributed by atoms with Crippen LogP contribution in [-0.4, -0.2) is 69.2 Å². The number of nitrogens with one attached hydrogen (secondary N) is 4. The second kappa shape index (κ2) is 12.5. The summed E-state index contributed by atoms with van der Waals surface area (Å²) in [6, 6.07) is 2.93. The van der Waals surface area contributed by atoms with Gasteiger partial charge < -0.3 is 36.9 Å². The number of benzene rings is 1. The first kappa shape index (κ1) is 28.8. The fraction of sp³-hybridized carbons (Fsp3) is 0.520. The Bertz CT molecular complexity index is 1080. The molecule has 8 N–H and O–H groups in total. The highest BCUT2D eigenvalue weighted by Gasteiger charge is 2.33. The minimum atomic E-state index is -1.25. The number of aliphatic hydroxyl groups excluding tert-OH is 1. The van der Waals surface area contributed by atoms with E-state index in [1.54, 1.807) is 33.9 Å². The normalized spacial score (nSPS) is 15.7. The van der Waals surface area contributed by atoms with Crippen LogP contribution in [0.2, 0.25) is 0 Å². The monoisotopic (exact) mass is 503 g/mol. The number of aliphatic hydroxyl groups is 1. The van der Waals surface area contributed by atoms with Gasteiger partial charge in [0.2, 0.25) is 17.7 Å². The van der Waals surface area contributed by atoms with Crippen molar-refractivity contribution >= 4 is 34.6 Å². The fourth-order valence-electron chi connectivity index (χ4n) is 3.76. The molecule has 11 heteroatoms. The Balaban J connectivity index is 2.30. The van der Waals surface area contributed by atoms with Gasteiger partial charge in [-0.1, -0.05) is 45.9 Å². The fourth-order valence-corrected chi connectivity index (χ4v) is 3.76. The van der Waals surface area contributed by atoms with E-state index in [9.17, 15) is 29.4 Å². The maximum atomic E-state index is 13.4. The smallest absolute Gasteiger partial charge is 0.326 e. The summed E-state index contributed by atoms with van der Waals surface area (Å²) in [5.41, 5.74) is 7.37. The van der Waals surface area contributed by atoms with Crippen molar-refractivity contribution in [2.24, 2.45) is 17.6 Å². The van der Waals surface area contributed by atoms with E-state index in [0.29, 0.717) is 0 Å². The van der Waals surface area contributed by atoms with Crippen molar-refractivity contribution in [1.82, 2.24) is 20.9 Å². The van der Waals surface area contributed by atoms with Crippen LogP contribution in [0.3, 0.4) is 0 Å². The van der Waals surface area contributed by atoms with E-state index in [2.05, 4.69) is 20.9 Å². The third-order valence-electron chi connectivity index (χ3n) is 6.03. The number of H-pyrrole nitrogens is 1. The number of aliphatic carboxylic acids is 1. The average Bonchev–Trinajstić information content (AvgIpc) is 3.21. The molecule has 0 bridgehead atoms. The number of hydrogen-bond acceptors (Lipinski definition) is 6. The first-order chi connectivity index (χ1) is 16.8. The summed E-state index contributed by atoms with van der Waals surface area (Å²) in [6.45, 7) is 8.13. The molecule has 0 spiro atoms. The molecule has 2 aromatic rings. The van der Waals surface area contributed by atoms with Gasteiger partial charge in [0.1, 0.15) is 24.2 Å². The Morgan fingerprint density at radius 2 is 1.47 bits per heavy atom. The molecule has 0 fully saturated rings. The SMILES string of the molecule is CC(C)C(NC(=O)C(NC(=O)C(Cc1c[nH]c2ccccc12)NC(=O)C(N)C(C)O)C(C)C)C(=O)O. The van der Waals surface area contributed by atoms with Gasteiger partial charge in [-0.2, -0.15) is 0 Å². The van der Waals surface area contributed by atoms with Gasteiger partial charge in [0.15, 0.2) is 0 Å². The number of carboxylic acids is 1. The zero-order chi connectivity index (χ0) is 27.2. The molecular formula is C25H37N5O6. The number of amides is 3. The van der Waals surface area contributed by atoms with Crippen LogP contribution in [0.25, 0.3) is 10.9 Å². The van der Waals surface area contributed by atoms with E-state index in [0.717, 1.165) is 16.5 Å². The molecule has 11 nitrogen and oxygen atoms in total. The van der Waals surface area contributed by atoms with E-state index < -0.39 is 54.0 Å². The van der Waals surface area contributed by atoms with Crippen molar-refractivity contribution in [2.75, 3.05) is 0 Å². The first-order valence-corrected chi connectivity index (χ1v) is 12.0. The van der Waals surface area contributed by atoms with E-state index in [4.69, 9.17) is 5.73 Å². The molecule has 0 aliphatic carbocycles. The van der Waals surface area contributed by atoms with Crippen molar-refractivity contribution in [3.63, 3.8) is 0 Å². The zero-order valence-electron chi connectivity index (χ0n) is 21.2. The number of carboxylic acid groups (broad SMARTS) is 1. The van der Waals surface area contributed by atoms with Gasteiger partial charge >= 0.3 is 5.97 Å². The van der Waals surface area contributed by atoms with Gasteiger partial charge in [0, 0.05) is 23.5 Å². The van der Waals surface area contributed by atoms with Crippen molar-refractivity contribution < 1.29 is 29.4 Å². The van der Waals surface area contributed by atoms with Gasteiger partial charge in [0.25, 0.3) is 0 Å². The Morgan fingerprint density at radius 3 is 2.03 bits per heavy atom. The lowest BCUT2D eigenvalue weighted by molar-refractivity contribution is -0.144. The van der Waals surface area contributed by atoms with Crippen molar-refractivity contribution in [1.29, 1.82) is 0 Å². The number of para-hydroxylation sites is 1. The number of carbonyl (C=O) groups excluding carboxylic acids is 3. The maximum Gasteiger partial charge on any atom is 0.326 e. The number of nitrogens with two attached hydrogens (primary N) is 1. The van der Waals surface area contributed by atoms with Crippen LogP contribution in [0.15, 0.2) is 30.5 Å². The van der Waals surface area contributed by atoms with Gasteiger partial charge in [-0.15, -0.1) is 0 Å². The molecule has 1 heterocycles. The quantitative estimate of drug-likeness (QED) is 0.216. The van der Waals surface area contributed by atoms with E-state index in [1.807, 2.05) is 24.3 Å². The minimum absolute atomic E-state index is 0.0876. The average molecular weight is 504 g/mol. The standard InChI is InChI=1S/C25H37N5O6/c1-12(2)20(24(34)30-21(13(3)4)25(35)36)29-22(32)18(28-23(33)19(26)14(5)31)10-15-11-27-17-9-7-6-8-16(15)17/h6-9,11-14,18-21,27,31H,10,26H2,1-5H3,(H,28,33)(H,29,32)(H,30,34)(H,35,36). The molecule has 0 radical (unpaired) electrons. The lowest BCUT2D eigenvalue weighted by Gasteiger charge is -2.28. The van der Waals surface area contributed by atoms with E-state index >= 15 is 0 Å². The summed E-state index contributed by atoms with van der Waals surface area (Å²) < 4.78 is 0. The second-order valence-corrected chi connectivity index (χ2v) is 9.69. The van der Waals surface area contributed by atoms with Crippen LogP contribution in [0, 0.1) is 11.8 Å². The Morgan fingerprint density at radius 1 is 0.889 bits per heavy atom. The number of aromatic nitrogens is 1. The second-order valence-electron chi connectivity index (χ2n) is 9.69. The van der Waals surface area contributed by atoms with Crippen molar-refractivity contribution in [2.45, 2.75) is 71.3 Å². The highest BCUT2D eigenvalue weighted by Crippen LogP contribution is 2.19. The van der Waals surface area contributed by atoms with Crippen LogP contribution >= 0.6 is 0 Å². The Hall–Kier alpha value is -3.44. The van der Waals surface area contributed by atoms with Crippen molar-refractivity contribution in [3.8, 4) is 0 Å². The predicted octanol–water partition coefficient (Wildman–Crippen LogP) is 0.270. The minimum Gasteiger partial charge on any atom is -0.480 e. The predicted molar refractivity (Wildman–Crippen MR) is 135 cm³/mol. The van der Waals surface area contributed by atoms with Crippen LogP contribution in [-0.2, 0) is 25.6 Å². The van der Waals surface area contributed by atoms with Crippen molar-refractivity contribution in [3.05, 3.63) is 36.0 Å². The number of carbonyl (C=O) groups is 4. The number of fused-ring (bicyclic) bond motifs is 1. The molecule has 198 valence electrons. The number of aromatic amines is 1. The molecule has 0 saturated heterocycles. The van der Waals surface area contributed by atoms with Gasteiger partial charge in [-0.05, 0) is 30.4 Å². The Kier molecular flexibility index (Phi) is 10.00. The van der Waals surface area contributed by atoms with Crippen LogP contribution in [0.4, 0.5) is 0 Å². The van der Waals surface area contributed by atoms with Crippen LogP contribution in [0.1, 0.15) is 40.2 Å². The summed E-state index contributed by atoms with van der Waals surface area (Å²) in [5.74, 6) is -3.93. The molecule has 1 aromatic carbocycles. The highest BCUT2D eigenvalue weighted by atomic mass is 16.4. The number of hydrogen-bond donors (Lipinski definition) is 7. The Labute approximate surface area is 210 Å². The van der Waals surface area contributed by atoms with Gasteiger partial charge in [0.05, 0.1) is 6.10 Å². The molecule has 0 aliphatic rings. The van der Waals surface area contributed by atoms with E-state index in [1.165, 1.54) is 6.92 Å². The van der Waals surface area contributed by atoms with Crippen LogP contribution < -0.4 is 21.7 Å². The van der Waals surface area contributed by atoms with Gasteiger partial charge in [-0.25, -0.2) is 4.79 Å². The summed E-state index contributed by atoms with van der Waals surface area (Å²) in [7, 11) is 0. The molecular weight excluding hydrogens is 466 g/mol. The molecule has 3 amide bonds. The summed E-state index contributed by atoms with van der Waals surface area (Å²) in [6.07, 6.45) is 0.683. The molecule has 5 atom stereocenters. The lowest BCUT2D eigenvalue weighted by atomic mass is 9.98. The molecule has 1 aromatic heterocycles. The topological polar surface area (TPSA) is 187 Å². The van der Waals surface area contributed by atoms with Crippen LogP contribution in [0.5, 0.6) is 0 Å². The summed E-state index contributed by atoms with van der Waals surface area (Å²) >= 11 is 0. The third kappa shape index (κ3) is 7.28. The molecule has 0 saturated carbocycles. The van der Waals surface area contributed by atoms with Gasteiger partial charge in [-0.3, -0.25) is 14.4 Å². The highest BCUT2D eigenvalue weighted by molar-refractivity contribution is 5.95. The third-order valence-corrected chi connectivity index (χ3v) is 6.03. The zero-order valence-corrected chi connectivity index (χ0v) is 21.2. The lowest BCUT2D eigenvalue weighted by Crippen LogP contribution is -2.60. The summed E-state index contributed by atoms with van der Waals surface area (Å²) in [4.78, 5) is 53.6. The molecule has 2 rings (SSSR count). The largest absolute Gasteiger partial charge is 0.480 e. The molecule has 0 aliphatic heterocycles. The summed E-state index contributed by atoms with van der Waals surface area (Å²) in [5, 5.41) is 27.7. The number of rotatable bonds is 12.